The second-order valence-corrected chi connectivity index (χ2v) is 7.65. The van der Waals surface area contributed by atoms with Crippen LogP contribution in [0.4, 0.5) is 30.6 Å². The van der Waals surface area contributed by atoms with E-state index in [1.165, 1.54) is 12.1 Å². The second kappa shape index (κ2) is 8.52. The lowest BCUT2D eigenvalue weighted by atomic mass is 10.1. The average molecular weight is 433 g/mol. The molecule has 0 aliphatic heterocycles. The number of alkyl halides is 3. The van der Waals surface area contributed by atoms with Crippen LogP contribution in [0.25, 0.3) is 11.3 Å². The van der Waals surface area contributed by atoms with Crippen molar-refractivity contribution in [2.45, 2.75) is 37.9 Å². The zero-order valence-electron chi connectivity index (χ0n) is 16.0. The molecule has 1 aromatic heterocycles. The maximum absolute atomic E-state index is 13.5. The van der Waals surface area contributed by atoms with Gasteiger partial charge in [0.25, 0.3) is 0 Å². The Hall–Kier alpha value is -2.80. The highest BCUT2D eigenvalue weighted by Crippen LogP contribution is 2.40. The Kier molecular flexibility index (Phi) is 5.81. The summed E-state index contributed by atoms with van der Waals surface area (Å²) in [6.07, 6.45) is -0.242. The molecule has 0 radical (unpaired) electrons. The predicted octanol–water partition coefficient (Wildman–Crippen LogP) is 6.91. The van der Waals surface area contributed by atoms with Gasteiger partial charge < -0.3 is 10.6 Å². The van der Waals surface area contributed by atoms with Gasteiger partial charge in [-0.05, 0) is 25.0 Å². The van der Waals surface area contributed by atoms with Gasteiger partial charge in [0.05, 0.1) is 22.0 Å². The molecule has 1 saturated carbocycles. The van der Waals surface area contributed by atoms with Gasteiger partial charge in [-0.2, -0.15) is 18.2 Å². The minimum absolute atomic E-state index is 0.0324. The van der Waals surface area contributed by atoms with E-state index in [0.29, 0.717) is 11.6 Å². The molecule has 3 aromatic rings. The number of nitrogens with zero attached hydrogens (tertiary/aromatic N) is 2. The third kappa shape index (κ3) is 4.67. The number of benzene rings is 2. The lowest BCUT2D eigenvalue weighted by Gasteiger charge is -2.18. The Morgan fingerprint density at radius 3 is 2.37 bits per heavy atom. The van der Waals surface area contributed by atoms with Crippen molar-refractivity contribution < 1.29 is 13.2 Å². The van der Waals surface area contributed by atoms with Crippen molar-refractivity contribution in [3.05, 3.63) is 65.2 Å². The molecule has 0 unspecified atom stereocenters. The summed E-state index contributed by atoms with van der Waals surface area (Å²) in [5.74, 6) is 0.620. The van der Waals surface area contributed by atoms with E-state index in [2.05, 4.69) is 20.6 Å². The van der Waals surface area contributed by atoms with Crippen LogP contribution in [0.5, 0.6) is 0 Å². The van der Waals surface area contributed by atoms with Crippen LogP contribution in [-0.2, 0) is 6.18 Å². The van der Waals surface area contributed by atoms with Gasteiger partial charge in [0.1, 0.15) is 5.82 Å². The lowest BCUT2D eigenvalue weighted by molar-refractivity contribution is -0.136. The van der Waals surface area contributed by atoms with Crippen LogP contribution >= 0.6 is 11.6 Å². The SMILES string of the molecule is FC(F)(F)c1cccc(Cl)c1Nc1cc(-c2ccccc2)nc(NC2CCCC2)n1. The topological polar surface area (TPSA) is 49.8 Å². The minimum Gasteiger partial charge on any atom is -0.351 e. The summed E-state index contributed by atoms with van der Waals surface area (Å²) in [6, 6.07) is 15.0. The number of anilines is 3. The molecule has 2 aromatic carbocycles. The number of aromatic nitrogens is 2. The largest absolute Gasteiger partial charge is 0.418 e. The Morgan fingerprint density at radius 2 is 1.67 bits per heavy atom. The van der Waals surface area contributed by atoms with Gasteiger partial charge in [0.2, 0.25) is 5.95 Å². The lowest BCUT2D eigenvalue weighted by Crippen LogP contribution is -2.17. The number of hydrogen-bond acceptors (Lipinski definition) is 4. The molecular formula is C22H20ClF3N4. The van der Waals surface area contributed by atoms with Gasteiger partial charge in [-0.1, -0.05) is 60.8 Å². The van der Waals surface area contributed by atoms with E-state index in [1.807, 2.05) is 30.3 Å². The highest BCUT2D eigenvalue weighted by atomic mass is 35.5. The molecule has 1 aliphatic rings. The monoisotopic (exact) mass is 432 g/mol. The molecular weight excluding hydrogens is 413 g/mol. The summed E-state index contributed by atoms with van der Waals surface area (Å²) in [4.78, 5) is 9.01. The summed E-state index contributed by atoms with van der Waals surface area (Å²) in [6.45, 7) is 0. The Balaban J connectivity index is 1.74. The third-order valence-corrected chi connectivity index (χ3v) is 5.37. The van der Waals surface area contributed by atoms with Gasteiger partial charge >= 0.3 is 6.18 Å². The van der Waals surface area contributed by atoms with Crippen LogP contribution in [0.15, 0.2) is 54.6 Å². The molecule has 0 spiro atoms. The van der Waals surface area contributed by atoms with Gasteiger partial charge in [-0.3, -0.25) is 0 Å². The molecule has 0 saturated heterocycles. The van der Waals surface area contributed by atoms with E-state index >= 15 is 0 Å². The predicted molar refractivity (Wildman–Crippen MR) is 113 cm³/mol. The number of hydrogen-bond donors (Lipinski definition) is 2. The van der Waals surface area contributed by atoms with E-state index in [4.69, 9.17) is 11.6 Å². The van der Waals surface area contributed by atoms with Crippen molar-refractivity contribution in [3.63, 3.8) is 0 Å². The molecule has 156 valence electrons. The summed E-state index contributed by atoms with van der Waals surface area (Å²) in [5, 5.41) is 6.07. The minimum atomic E-state index is -4.55. The van der Waals surface area contributed by atoms with E-state index in [0.717, 1.165) is 37.3 Å². The van der Waals surface area contributed by atoms with Crippen molar-refractivity contribution >= 4 is 29.1 Å². The van der Waals surface area contributed by atoms with Crippen LogP contribution in [-0.4, -0.2) is 16.0 Å². The van der Waals surface area contributed by atoms with Crippen molar-refractivity contribution in [1.82, 2.24) is 9.97 Å². The molecule has 1 heterocycles. The summed E-state index contributed by atoms with van der Waals surface area (Å²) >= 11 is 6.10. The average Bonchev–Trinajstić information content (AvgIpc) is 3.22. The van der Waals surface area contributed by atoms with Gasteiger partial charge in [-0.25, -0.2) is 4.98 Å². The van der Waals surface area contributed by atoms with Crippen LogP contribution < -0.4 is 10.6 Å². The van der Waals surface area contributed by atoms with E-state index in [9.17, 15) is 13.2 Å². The first-order chi connectivity index (χ1) is 14.4. The van der Waals surface area contributed by atoms with Crippen molar-refractivity contribution in [2.75, 3.05) is 10.6 Å². The molecule has 1 fully saturated rings. The fourth-order valence-electron chi connectivity index (χ4n) is 3.60. The van der Waals surface area contributed by atoms with Gasteiger partial charge in [-0.15, -0.1) is 0 Å². The summed E-state index contributed by atoms with van der Waals surface area (Å²) in [5.41, 5.74) is 0.373. The van der Waals surface area contributed by atoms with Crippen LogP contribution in [0.3, 0.4) is 0 Å². The molecule has 8 heteroatoms. The first kappa shape index (κ1) is 20.5. The first-order valence-electron chi connectivity index (χ1n) is 9.74. The molecule has 30 heavy (non-hydrogen) atoms. The maximum Gasteiger partial charge on any atom is 0.418 e. The Labute approximate surface area is 177 Å². The second-order valence-electron chi connectivity index (χ2n) is 7.24. The smallest absolute Gasteiger partial charge is 0.351 e. The van der Waals surface area contributed by atoms with Crippen molar-refractivity contribution in [2.24, 2.45) is 0 Å². The van der Waals surface area contributed by atoms with Gasteiger partial charge in [0, 0.05) is 17.7 Å². The van der Waals surface area contributed by atoms with Gasteiger partial charge in [0.15, 0.2) is 0 Å². The van der Waals surface area contributed by atoms with Crippen molar-refractivity contribution in [3.8, 4) is 11.3 Å². The molecule has 0 atom stereocenters. The fraction of sp³-hybridized carbons (Fsp3) is 0.273. The summed E-state index contributed by atoms with van der Waals surface area (Å²) in [7, 11) is 0. The Bertz CT molecular complexity index is 1020. The highest BCUT2D eigenvalue weighted by Gasteiger charge is 2.34. The standard InChI is InChI=1S/C22H20ClF3N4/c23-17-12-6-11-16(22(24,25)26)20(17)29-19-13-18(14-7-2-1-3-8-14)28-21(30-19)27-15-9-4-5-10-15/h1-3,6-8,11-13,15H,4-5,9-10H2,(H2,27,28,29,30). The summed E-state index contributed by atoms with van der Waals surface area (Å²) < 4.78 is 40.4. The van der Waals surface area contributed by atoms with E-state index in [-0.39, 0.29) is 22.6 Å². The quantitative estimate of drug-likeness (QED) is 0.459. The number of para-hydroxylation sites is 1. The zero-order chi connectivity index (χ0) is 21.1. The number of halogens is 4. The van der Waals surface area contributed by atoms with Crippen LogP contribution in [0, 0.1) is 0 Å². The molecule has 0 bridgehead atoms. The molecule has 4 rings (SSSR count). The van der Waals surface area contributed by atoms with Crippen LogP contribution in [0.1, 0.15) is 31.2 Å². The fourth-order valence-corrected chi connectivity index (χ4v) is 3.82. The number of rotatable bonds is 5. The third-order valence-electron chi connectivity index (χ3n) is 5.06. The van der Waals surface area contributed by atoms with E-state index in [1.54, 1.807) is 6.07 Å². The molecule has 0 amide bonds. The molecule has 1 aliphatic carbocycles. The van der Waals surface area contributed by atoms with Crippen LogP contribution in [0.2, 0.25) is 5.02 Å². The number of nitrogens with one attached hydrogen (secondary N) is 2. The Morgan fingerprint density at radius 1 is 0.933 bits per heavy atom. The molecule has 2 N–H and O–H groups in total. The normalized spacial score (nSPS) is 14.7. The first-order valence-corrected chi connectivity index (χ1v) is 10.1. The van der Waals surface area contributed by atoms with Crippen molar-refractivity contribution in [1.29, 1.82) is 0 Å². The molecule has 4 nitrogen and oxygen atoms in total. The highest BCUT2D eigenvalue weighted by molar-refractivity contribution is 6.33. The van der Waals surface area contributed by atoms with E-state index < -0.39 is 11.7 Å². The zero-order valence-corrected chi connectivity index (χ0v) is 16.8. The maximum atomic E-state index is 13.5.